The summed E-state index contributed by atoms with van der Waals surface area (Å²) in [4.78, 5) is 0.00538. The van der Waals surface area contributed by atoms with Crippen molar-refractivity contribution >= 4 is 44.6 Å². The van der Waals surface area contributed by atoms with E-state index in [2.05, 4.69) is 0 Å². The van der Waals surface area contributed by atoms with Gasteiger partial charge in [0, 0.05) is 19.0 Å². The van der Waals surface area contributed by atoms with Crippen LogP contribution in [0.15, 0.2) is 11.0 Å². The molecule has 4 nitrogen and oxygen atoms in total. The number of thiophene rings is 1. The first-order chi connectivity index (χ1) is 8.30. The van der Waals surface area contributed by atoms with Gasteiger partial charge in [-0.2, -0.15) is 9.57 Å². The minimum Gasteiger partial charge on any atom is -0.207 e. The van der Waals surface area contributed by atoms with Gasteiger partial charge in [0.05, 0.1) is 10.4 Å². The molecule has 0 unspecified atom stereocenters. The van der Waals surface area contributed by atoms with E-state index in [0.717, 1.165) is 11.3 Å². The second kappa shape index (κ2) is 6.22. The van der Waals surface area contributed by atoms with Crippen LogP contribution in [0.25, 0.3) is 0 Å². The molecule has 0 aliphatic carbocycles. The highest BCUT2D eigenvalue weighted by Crippen LogP contribution is 2.36. The summed E-state index contributed by atoms with van der Waals surface area (Å²) in [5.74, 6) is 0. The molecule has 1 rings (SSSR count). The first-order valence-corrected chi connectivity index (χ1v) is 8.15. The summed E-state index contributed by atoms with van der Waals surface area (Å²) in [7, 11) is -3.71. The van der Waals surface area contributed by atoms with Crippen LogP contribution in [0, 0.1) is 11.3 Å². The lowest BCUT2D eigenvalue weighted by Crippen LogP contribution is -2.37. The van der Waals surface area contributed by atoms with Crippen molar-refractivity contribution in [1.29, 1.82) is 5.26 Å². The third kappa shape index (κ3) is 3.37. The number of nitrogens with zero attached hydrogens (tertiary/aromatic N) is 2. The van der Waals surface area contributed by atoms with Gasteiger partial charge in [-0.15, -0.1) is 11.3 Å². The lowest BCUT2D eigenvalue weighted by Gasteiger charge is -2.24. The van der Waals surface area contributed by atoms with Crippen LogP contribution >= 0.6 is 34.5 Å². The fourth-order valence-corrected chi connectivity index (χ4v) is 5.20. The Hall–Kier alpha value is -0.320. The number of hydrogen-bond acceptors (Lipinski definition) is 4. The summed E-state index contributed by atoms with van der Waals surface area (Å²) in [6, 6.07) is 3.02. The van der Waals surface area contributed by atoms with Crippen molar-refractivity contribution < 1.29 is 8.42 Å². The molecule has 0 fully saturated rings. The van der Waals surface area contributed by atoms with Crippen LogP contribution in [0.4, 0.5) is 0 Å². The molecule has 1 heterocycles. The van der Waals surface area contributed by atoms with E-state index in [9.17, 15) is 8.42 Å². The SMILES string of the molecule is CC(C)N(CCC#N)S(=O)(=O)c1cc(Cl)sc1Cl. The van der Waals surface area contributed by atoms with Gasteiger partial charge in [0.25, 0.3) is 0 Å². The molecule has 0 aliphatic rings. The van der Waals surface area contributed by atoms with Crippen LogP contribution < -0.4 is 0 Å². The van der Waals surface area contributed by atoms with E-state index < -0.39 is 10.0 Å². The number of hydrogen-bond donors (Lipinski definition) is 0. The van der Waals surface area contributed by atoms with Gasteiger partial charge in [0.1, 0.15) is 9.23 Å². The van der Waals surface area contributed by atoms with Gasteiger partial charge in [-0.25, -0.2) is 8.42 Å². The molecular formula is C10H12Cl2N2O2S2. The van der Waals surface area contributed by atoms with Gasteiger partial charge >= 0.3 is 0 Å². The molecule has 0 radical (unpaired) electrons. The Kier molecular flexibility index (Phi) is 5.44. The van der Waals surface area contributed by atoms with Crippen molar-refractivity contribution in [3.8, 4) is 6.07 Å². The molecule has 0 aromatic carbocycles. The fraction of sp³-hybridized carbons (Fsp3) is 0.500. The van der Waals surface area contributed by atoms with Crippen molar-refractivity contribution in [3.05, 3.63) is 14.7 Å². The van der Waals surface area contributed by atoms with Gasteiger partial charge < -0.3 is 0 Å². The Balaban J connectivity index is 3.18. The van der Waals surface area contributed by atoms with E-state index in [1.807, 2.05) is 6.07 Å². The Morgan fingerprint density at radius 2 is 2.11 bits per heavy atom. The summed E-state index contributed by atoms with van der Waals surface area (Å²) in [5, 5.41) is 8.58. The van der Waals surface area contributed by atoms with Crippen LogP contribution in [-0.4, -0.2) is 25.3 Å². The van der Waals surface area contributed by atoms with Gasteiger partial charge in [-0.1, -0.05) is 23.2 Å². The smallest absolute Gasteiger partial charge is 0.207 e. The number of halogens is 2. The first-order valence-electron chi connectivity index (χ1n) is 5.14. The lowest BCUT2D eigenvalue weighted by atomic mass is 10.3. The second-order valence-electron chi connectivity index (χ2n) is 3.81. The highest BCUT2D eigenvalue weighted by Gasteiger charge is 2.30. The summed E-state index contributed by atoms with van der Waals surface area (Å²) in [6.45, 7) is 3.63. The molecule has 0 aliphatic heterocycles. The quantitative estimate of drug-likeness (QED) is 0.833. The van der Waals surface area contributed by atoms with E-state index in [-0.39, 0.29) is 28.2 Å². The predicted octanol–water partition coefficient (Wildman–Crippen LogP) is 3.37. The Morgan fingerprint density at radius 1 is 1.50 bits per heavy atom. The van der Waals surface area contributed by atoms with Crippen molar-refractivity contribution in [2.75, 3.05) is 6.54 Å². The normalized spacial score (nSPS) is 12.1. The van der Waals surface area contributed by atoms with E-state index >= 15 is 0 Å². The molecule has 100 valence electrons. The fourth-order valence-electron chi connectivity index (χ4n) is 1.44. The van der Waals surface area contributed by atoms with Crippen molar-refractivity contribution in [2.24, 2.45) is 0 Å². The third-order valence-electron chi connectivity index (χ3n) is 2.23. The highest BCUT2D eigenvalue weighted by molar-refractivity contribution is 7.89. The standard InChI is InChI=1S/C10H12Cl2N2O2S2/c1-7(2)14(5-3-4-13)18(15,16)8-6-9(11)17-10(8)12/h6-7H,3,5H2,1-2H3. The molecule has 1 aromatic rings. The predicted molar refractivity (Wildman–Crippen MR) is 73.6 cm³/mol. The average Bonchev–Trinajstić information content (AvgIpc) is 2.58. The monoisotopic (exact) mass is 326 g/mol. The highest BCUT2D eigenvalue weighted by atomic mass is 35.5. The first kappa shape index (κ1) is 15.7. The number of sulfonamides is 1. The largest absolute Gasteiger partial charge is 0.245 e. The molecule has 0 saturated heterocycles. The Bertz CT molecular complexity index is 561. The van der Waals surface area contributed by atoms with Crippen LogP contribution in [-0.2, 0) is 10.0 Å². The number of rotatable bonds is 5. The van der Waals surface area contributed by atoms with E-state index in [4.69, 9.17) is 28.5 Å². The molecule has 8 heteroatoms. The zero-order valence-corrected chi connectivity index (χ0v) is 13.0. The molecule has 0 bridgehead atoms. The summed E-state index contributed by atoms with van der Waals surface area (Å²) in [6.07, 6.45) is 0.132. The van der Waals surface area contributed by atoms with Crippen LogP contribution in [0.5, 0.6) is 0 Å². The average molecular weight is 327 g/mol. The summed E-state index contributed by atoms with van der Waals surface area (Å²) in [5.41, 5.74) is 0. The van der Waals surface area contributed by atoms with Gasteiger partial charge in [-0.3, -0.25) is 0 Å². The molecule has 18 heavy (non-hydrogen) atoms. The van der Waals surface area contributed by atoms with E-state index in [1.54, 1.807) is 13.8 Å². The van der Waals surface area contributed by atoms with E-state index in [0.29, 0.717) is 4.34 Å². The number of nitriles is 1. The molecular weight excluding hydrogens is 315 g/mol. The van der Waals surface area contributed by atoms with Crippen LogP contribution in [0.2, 0.25) is 8.67 Å². The zero-order valence-electron chi connectivity index (χ0n) is 9.85. The van der Waals surface area contributed by atoms with Gasteiger partial charge in [0.2, 0.25) is 10.0 Å². The van der Waals surface area contributed by atoms with Gasteiger partial charge in [0.15, 0.2) is 0 Å². The zero-order chi connectivity index (χ0) is 13.9. The maximum Gasteiger partial charge on any atom is 0.245 e. The van der Waals surface area contributed by atoms with Crippen molar-refractivity contribution in [3.63, 3.8) is 0 Å². The maximum atomic E-state index is 12.4. The Labute approximate surface area is 121 Å². The van der Waals surface area contributed by atoms with Crippen LogP contribution in [0.3, 0.4) is 0 Å². The molecule has 0 N–H and O–H groups in total. The molecule has 0 amide bonds. The van der Waals surface area contributed by atoms with Crippen molar-refractivity contribution in [1.82, 2.24) is 4.31 Å². The minimum atomic E-state index is -3.71. The second-order valence-corrected chi connectivity index (χ2v) is 7.95. The van der Waals surface area contributed by atoms with Gasteiger partial charge in [-0.05, 0) is 19.9 Å². The summed E-state index contributed by atoms with van der Waals surface area (Å²) >= 11 is 12.6. The topological polar surface area (TPSA) is 61.2 Å². The van der Waals surface area contributed by atoms with Crippen LogP contribution in [0.1, 0.15) is 20.3 Å². The van der Waals surface area contributed by atoms with E-state index in [1.165, 1.54) is 10.4 Å². The lowest BCUT2D eigenvalue weighted by molar-refractivity contribution is 0.360. The molecule has 1 aromatic heterocycles. The Morgan fingerprint density at radius 3 is 2.50 bits per heavy atom. The molecule has 0 atom stereocenters. The van der Waals surface area contributed by atoms with Crippen molar-refractivity contribution in [2.45, 2.75) is 31.2 Å². The maximum absolute atomic E-state index is 12.4. The molecule has 0 spiro atoms. The minimum absolute atomic E-state index is 0.00538. The summed E-state index contributed by atoms with van der Waals surface area (Å²) < 4.78 is 26.5. The molecule has 0 saturated carbocycles. The third-order valence-corrected chi connectivity index (χ3v) is 6.06.